The van der Waals surface area contributed by atoms with Gasteiger partial charge in [0.25, 0.3) is 0 Å². The molecular formula is C20H29NO4. The summed E-state index contributed by atoms with van der Waals surface area (Å²) >= 11 is 0. The van der Waals surface area contributed by atoms with Crippen molar-refractivity contribution < 1.29 is 20.1 Å². The van der Waals surface area contributed by atoms with Crippen molar-refractivity contribution in [3.05, 3.63) is 59.7 Å². The van der Waals surface area contributed by atoms with Crippen LogP contribution in [-0.4, -0.2) is 42.1 Å². The van der Waals surface area contributed by atoms with Gasteiger partial charge in [0.15, 0.2) is 0 Å². The van der Waals surface area contributed by atoms with Gasteiger partial charge in [-0.2, -0.15) is 0 Å². The Labute approximate surface area is 149 Å². The molecular weight excluding hydrogens is 318 g/mol. The summed E-state index contributed by atoms with van der Waals surface area (Å²) in [6.45, 7) is 2.56. The maximum Gasteiger partial charge on any atom is 0.115 e. The quantitative estimate of drug-likeness (QED) is 0.619. The van der Waals surface area contributed by atoms with Crippen LogP contribution in [0.3, 0.4) is 0 Å². The lowest BCUT2D eigenvalue weighted by molar-refractivity contribution is 0.170. The second kappa shape index (κ2) is 11.5. The topological polar surface area (TPSA) is 82.0 Å². The number of aromatic hydroxyl groups is 2. The average molecular weight is 347 g/mol. The van der Waals surface area contributed by atoms with Gasteiger partial charge >= 0.3 is 0 Å². The molecule has 0 amide bonds. The van der Waals surface area contributed by atoms with Crippen LogP contribution in [0.2, 0.25) is 0 Å². The highest BCUT2D eigenvalue weighted by molar-refractivity contribution is 5.27. The fraction of sp³-hybridized carbons (Fsp3) is 0.400. The molecule has 0 aliphatic heterocycles. The van der Waals surface area contributed by atoms with E-state index in [1.807, 2.05) is 12.1 Å². The number of benzene rings is 2. The van der Waals surface area contributed by atoms with E-state index in [4.69, 9.17) is 0 Å². The number of methoxy groups -OCH3 is 1. The number of aryl methyl sites for hydroxylation is 1. The van der Waals surface area contributed by atoms with Crippen LogP contribution < -0.4 is 5.32 Å². The maximum atomic E-state index is 10.1. The Morgan fingerprint density at radius 2 is 1.40 bits per heavy atom. The standard InChI is InChI=1S/C18H23NO3.C2H6O/c1-13(2-3-14-4-8-16(20)9-5-14)19-12-18(22)15-6-10-17(21)11-7-15;1-3-2/h4-11,13,18-22H,2-3,12H2,1H3;1-2H3. The lowest BCUT2D eigenvalue weighted by Crippen LogP contribution is -2.30. The van der Waals surface area contributed by atoms with E-state index in [1.165, 1.54) is 5.56 Å². The van der Waals surface area contributed by atoms with Crippen molar-refractivity contribution in [2.45, 2.75) is 31.9 Å². The van der Waals surface area contributed by atoms with E-state index in [1.54, 1.807) is 50.6 Å². The number of ether oxygens (including phenoxy) is 1. The summed E-state index contributed by atoms with van der Waals surface area (Å²) in [5, 5.41) is 31.9. The van der Waals surface area contributed by atoms with Crippen molar-refractivity contribution in [1.82, 2.24) is 5.32 Å². The van der Waals surface area contributed by atoms with Crippen LogP contribution in [0, 0.1) is 0 Å². The molecule has 2 atom stereocenters. The summed E-state index contributed by atoms with van der Waals surface area (Å²) < 4.78 is 4.25. The van der Waals surface area contributed by atoms with Crippen LogP contribution in [0.5, 0.6) is 11.5 Å². The van der Waals surface area contributed by atoms with Crippen LogP contribution in [0.1, 0.15) is 30.6 Å². The van der Waals surface area contributed by atoms with E-state index < -0.39 is 6.10 Å². The average Bonchev–Trinajstić information content (AvgIpc) is 2.60. The molecule has 0 spiro atoms. The first kappa shape index (κ1) is 21.0. The predicted octanol–water partition coefficient (Wildman–Crippen LogP) is 3.00. The van der Waals surface area contributed by atoms with Crippen molar-refractivity contribution in [2.75, 3.05) is 20.8 Å². The van der Waals surface area contributed by atoms with E-state index in [0.29, 0.717) is 6.54 Å². The van der Waals surface area contributed by atoms with E-state index in [-0.39, 0.29) is 17.5 Å². The minimum Gasteiger partial charge on any atom is -0.508 e. The van der Waals surface area contributed by atoms with Crippen LogP contribution in [0.15, 0.2) is 48.5 Å². The number of nitrogens with one attached hydrogen (secondary N) is 1. The predicted molar refractivity (Wildman–Crippen MR) is 99.9 cm³/mol. The number of phenols is 2. The number of aliphatic hydroxyl groups excluding tert-OH is 1. The molecule has 0 heterocycles. The Balaban J connectivity index is 0.000000970. The van der Waals surface area contributed by atoms with Gasteiger partial charge in [0.2, 0.25) is 0 Å². The first-order valence-electron chi connectivity index (χ1n) is 8.34. The van der Waals surface area contributed by atoms with Gasteiger partial charge in [-0.15, -0.1) is 0 Å². The zero-order chi connectivity index (χ0) is 18.7. The summed E-state index contributed by atoms with van der Waals surface area (Å²) in [7, 11) is 3.25. The molecule has 2 aromatic rings. The molecule has 0 fully saturated rings. The molecule has 4 N–H and O–H groups in total. The van der Waals surface area contributed by atoms with Crippen molar-refractivity contribution in [1.29, 1.82) is 0 Å². The Kier molecular flexibility index (Phi) is 9.62. The van der Waals surface area contributed by atoms with Gasteiger partial charge in [-0.05, 0) is 55.2 Å². The lowest BCUT2D eigenvalue weighted by Gasteiger charge is -2.17. The summed E-state index contributed by atoms with van der Waals surface area (Å²) in [5.41, 5.74) is 1.97. The number of aliphatic hydroxyl groups is 1. The van der Waals surface area contributed by atoms with Gasteiger partial charge in [0, 0.05) is 26.8 Å². The van der Waals surface area contributed by atoms with Gasteiger partial charge in [-0.1, -0.05) is 24.3 Å². The van der Waals surface area contributed by atoms with Gasteiger partial charge < -0.3 is 25.4 Å². The second-order valence-corrected chi connectivity index (χ2v) is 6.03. The Morgan fingerprint density at radius 1 is 0.920 bits per heavy atom. The third-order valence-corrected chi connectivity index (χ3v) is 3.74. The van der Waals surface area contributed by atoms with Crippen LogP contribution in [-0.2, 0) is 11.2 Å². The second-order valence-electron chi connectivity index (χ2n) is 6.03. The lowest BCUT2D eigenvalue weighted by atomic mass is 10.1. The molecule has 138 valence electrons. The third-order valence-electron chi connectivity index (χ3n) is 3.74. The zero-order valence-corrected chi connectivity index (χ0v) is 15.1. The molecule has 2 aromatic carbocycles. The van der Waals surface area contributed by atoms with Crippen molar-refractivity contribution in [3.8, 4) is 11.5 Å². The van der Waals surface area contributed by atoms with Gasteiger partial charge in [-0.25, -0.2) is 0 Å². The number of rotatable bonds is 7. The first-order valence-corrected chi connectivity index (χ1v) is 8.34. The number of hydrogen-bond acceptors (Lipinski definition) is 5. The smallest absolute Gasteiger partial charge is 0.115 e. The maximum absolute atomic E-state index is 10.1. The minimum atomic E-state index is -0.586. The summed E-state index contributed by atoms with van der Waals surface area (Å²) in [6.07, 6.45) is 1.29. The molecule has 0 aromatic heterocycles. The Hall–Kier alpha value is -2.08. The summed E-state index contributed by atoms with van der Waals surface area (Å²) in [5.74, 6) is 0.484. The molecule has 0 radical (unpaired) electrons. The van der Waals surface area contributed by atoms with E-state index in [9.17, 15) is 15.3 Å². The molecule has 0 aliphatic rings. The van der Waals surface area contributed by atoms with Crippen LogP contribution in [0.25, 0.3) is 0 Å². The molecule has 0 saturated carbocycles. The van der Waals surface area contributed by atoms with Crippen LogP contribution in [0.4, 0.5) is 0 Å². The van der Waals surface area contributed by atoms with Crippen molar-refractivity contribution in [2.24, 2.45) is 0 Å². The van der Waals surface area contributed by atoms with E-state index in [0.717, 1.165) is 18.4 Å². The van der Waals surface area contributed by atoms with E-state index >= 15 is 0 Å². The van der Waals surface area contributed by atoms with Gasteiger partial charge in [0.1, 0.15) is 11.5 Å². The molecule has 0 bridgehead atoms. The third kappa shape index (κ3) is 8.54. The highest BCUT2D eigenvalue weighted by Crippen LogP contribution is 2.16. The summed E-state index contributed by atoms with van der Waals surface area (Å²) in [6, 6.07) is 14.1. The number of phenolic OH excluding ortho intramolecular Hbond substituents is 2. The van der Waals surface area contributed by atoms with Crippen molar-refractivity contribution >= 4 is 0 Å². The van der Waals surface area contributed by atoms with Gasteiger partial charge in [0.05, 0.1) is 6.10 Å². The molecule has 2 unspecified atom stereocenters. The molecule has 0 aliphatic carbocycles. The molecule has 25 heavy (non-hydrogen) atoms. The molecule has 0 saturated heterocycles. The fourth-order valence-electron chi connectivity index (χ4n) is 2.27. The SMILES string of the molecule is CC(CCc1ccc(O)cc1)NCC(O)c1ccc(O)cc1.COC. The number of hydrogen-bond donors (Lipinski definition) is 4. The van der Waals surface area contributed by atoms with Crippen LogP contribution >= 0.6 is 0 Å². The largest absolute Gasteiger partial charge is 0.508 e. The van der Waals surface area contributed by atoms with E-state index in [2.05, 4.69) is 17.0 Å². The van der Waals surface area contributed by atoms with Gasteiger partial charge in [-0.3, -0.25) is 0 Å². The first-order chi connectivity index (χ1) is 12.0. The highest BCUT2D eigenvalue weighted by atomic mass is 16.4. The Morgan fingerprint density at radius 3 is 1.92 bits per heavy atom. The monoisotopic (exact) mass is 347 g/mol. The van der Waals surface area contributed by atoms with Crippen molar-refractivity contribution in [3.63, 3.8) is 0 Å². The highest BCUT2D eigenvalue weighted by Gasteiger charge is 2.09. The minimum absolute atomic E-state index is 0.200. The fourth-order valence-corrected chi connectivity index (χ4v) is 2.27. The molecule has 2 rings (SSSR count). The normalized spacial score (nSPS) is 12.8. The zero-order valence-electron chi connectivity index (χ0n) is 15.1. The molecule has 5 nitrogen and oxygen atoms in total. The molecule has 5 heteroatoms. The Bertz CT molecular complexity index is 584. The summed E-state index contributed by atoms with van der Waals surface area (Å²) in [4.78, 5) is 0.